The molecule has 5 unspecified atom stereocenters. The summed E-state index contributed by atoms with van der Waals surface area (Å²) in [5, 5.41) is 5.74. The summed E-state index contributed by atoms with van der Waals surface area (Å²) >= 11 is 0. The van der Waals surface area contributed by atoms with E-state index in [-0.39, 0.29) is 35.7 Å². The van der Waals surface area contributed by atoms with Gasteiger partial charge in [-0.2, -0.15) is 0 Å². The number of hydrogen-bond acceptors (Lipinski definition) is 6. The summed E-state index contributed by atoms with van der Waals surface area (Å²) in [6, 6.07) is -0.840. The fourth-order valence-corrected chi connectivity index (χ4v) is 7.93. The maximum atomic E-state index is 13.9. The minimum Gasteiger partial charge on any atom is -0.453 e. The molecule has 0 spiro atoms. The quantitative estimate of drug-likeness (QED) is 0.426. The topological polar surface area (TPSA) is 117 Å². The second kappa shape index (κ2) is 13.6. The molecule has 0 radical (unpaired) electrons. The summed E-state index contributed by atoms with van der Waals surface area (Å²) in [7, 11) is 2.67. The van der Waals surface area contributed by atoms with Crippen molar-refractivity contribution >= 4 is 24.0 Å². The van der Waals surface area contributed by atoms with E-state index in [2.05, 4.69) is 38.3 Å². The van der Waals surface area contributed by atoms with Gasteiger partial charge in [0.25, 0.3) is 0 Å². The lowest BCUT2D eigenvalue weighted by molar-refractivity contribution is -0.137. The number of carbonyl (C=O) groups is 4. The molecule has 4 aliphatic rings. The van der Waals surface area contributed by atoms with Crippen LogP contribution in [0.5, 0.6) is 0 Å². The molecule has 10 heteroatoms. The number of hydrogen-bond donors (Lipinski definition) is 2. The molecular formula is C31H52N4O6. The molecular weight excluding hydrogens is 524 g/mol. The Morgan fingerprint density at radius 1 is 0.659 bits per heavy atom. The van der Waals surface area contributed by atoms with Crippen LogP contribution in [0.1, 0.15) is 85.5 Å². The zero-order chi connectivity index (χ0) is 29.8. The average molecular weight is 577 g/mol. The standard InChI is InChI=1S/C31H52N4O6/c1-18(2)24-11-8-14-34(24)28(36)27(33-31(39)41-6)22-13-12-21(15-22)23-16-25(19(3)4)35(17-23)29(37)26(20-9-7-10-20)32-30(38)40-5/h18-27H,7-17H2,1-6H3,(H,32,38)(H,33,39)/t21?,22?,23?,24-,25-,26?,27?/m0/s1. The van der Waals surface area contributed by atoms with E-state index in [1.54, 1.807) is 0 Å². The molecule has 7 atom stereocenters. The van der Waals surface area contributed by atoms with Crippen molar-refractivity contribution in [3.05, 3.63) is 0 Å². The van der Waals surface area contributed by atoms with Gasteiger partial charge in [-0.15, -0.1) is 0 Å². The molecule has 2 saturated heterocycles. The van der Waals surface area contributed by atoms with Gasteiger partial charge in [0.1, 0.15) is 12.1 Å². The summed E-state index contributed by atoms with van der Waals surface area (Å²) < 4.78 is 9.77. The lowest BCUT2D eigenvalue weighted by Gasteiger charge is -2.37. The van der Waals surface area contributed by atoms with Gasteiger partial charge in [-0.1, -0.05) is 34.1 Å². The van der Waals surface area contributed by atoms with Gasteiger partial charge in [0.15, 0.2) is 0 Å². The van der Waals surface area contributed by atoms with Crippen molar-refractivity contribution in [1.29, 1.82) is 0 Å². The number of likely N-dealkylation sites (tertiary alicyclic amines) is 2. The van der Waals surface area contributed by atoms with E-state index in [0.717, 1.165) is 64.3 Å². The van der Waals surface area contributed by atoms with Crippen molar-refractivity contribution in [3.8, 4) is 0 Å². The molecule has 10 nitrogen and oxygen atoms in total. The Balaban J connectivity index is 1.47. The Morgan fingerprint density at radius 3 is 1.78 bits per heavy atom. The minimum atomic E-state index is -0.598. The van der Waals surface area contributed by atoms with E-state index < -0.39 is 24.3 Å². The lowest BCUT2D eigenvalue weighted by Crippen LogP contribution is -2.55. The summed E-state index contributed by atoms with van der Waals surface area (Å²) in [6.45, 7) is 10.0. The largest absolute Gasteiger partial charge is 0.453 e. The third-order valence-electron chi connectivity index (χ3n) is 10.5. The zero-order valence-electron chi connectivity index (χ0n) is 25.9. The average Bonchev–Trinajstić information content (AvgIpc) is 3.68. The maximum absolute atomic E-state index is 13.9. The molecule has 2 aliphatic heterocycles. The van der Waals surface area contributed by atoms with Crippen molar-refractivity contribution < 1.29 is 28.7 Å². The van der Waals surface area contributed by atoms with Crippen molar-refractivity contribution in [2.45, 2.75) is 110 Å². The number of amides is 4. The highest BCUT2D eigenvalue weighted by Crippen LogP contribution is 2.44. The van der Waals surface area contributed by atoms with E-state index in [1.165, 1.54) is 14.2 Å². The Labute approximate surface area is 245 Å². The first-order valence-corrected chi connectivity index (χ1v) is 15.9. The first-order valence-electron chi connectivity index (χ1n) is 15.9. The Kier molecular flexibility index (Phi) is 10.4. The Bertz CT molecular complexity index is 953. The molecule has 0 aromatic carbocycles. The number of rotatable bonds is 9. The van der Waals surface area contributed by atoms with Crippen molar-refractivity contribution in [2.75, 3.05) is 27.3 Å². The Hall–Kier alpha value is -2.52. The molecule has 0 aromatic heterocycles. The third-order valence-corrected chi connectivity index (χ3v) is 10.5. The van der Waals surface area contributed by atoms with E-state index in [0.29, 0.717) is 30.2 Å². The highest BCUT2D eigenvalue weighted by molar-refractivity contribution is 5.87. The van der Waals surface area contributed by atoms with Gasteiger partial charge in [-0.3, -0.25) is 9.59 Å². The number of methoxy groups -OCH3 is 2. The molecule has 41 heavy (non-hydrogen) atoms. The van der Waals surface area contributed by atoms with Crippen LogP contribution in [0.15, 0.2) is 0 Å². The second-order valence-electron chi connectivity index (χ2n) is 13.5. The Morgan fingerprint density at radius 2 is 1.24 bits per heavy atom. The van der Waals surface area contributed by atoms with Crippen LogP contribution in [0.4, 0.5) is 9.59 Å². The SMILES string of the molecule is COC(=O)NC(C(=O)N1CCC[C@H]1C(C)C)C1CCC(C2C[C@@H](C(C)C)N(C(=O)C(NC(=O)OC)C3CCC3)C2)C1. The predicted octanol–water partition coefficient (Wildman–Crippen LogP) is 4.17. The van der Waals surface area contributed by atoms with Crippen LogP contribution in [0.3, 0.4) is 0 Å². The van der Waals surface area contributed by atoms with E-state index in [1.807, 2.05) is 9.80 Å². The molecule has 2 N–H and O–H groups in total. The van der Waals surface area contributed by atoms with Crippen LogP contribution in [-0.4, -0.2) is 85.3 Å². The van der Waals surface area contributed by atoms with Crippen LogP contribution in [0, 0.1) is 35.5 Å². The second-order valence-corrected chi connectivity index (χ2v) is 13.5. The number of ether oxygens (including phenoxy) is 2. The van der Waals surface area contributed by atoms with Crippen LogP contribution in [0.25, 0.3) is 0 Å². The van der Waals surface area contributed by atoms with Crippen LogP contribution < -0.4 is 10.6 Å². The zero-order valence-corrected chi connectivity index (χ0v) is 25.9. The summed E-state index contributed by atoms with van der Waals surface area (Å²) in [4.78, 5) is 56.2. The minimum absolute atomic E-state index is 0.00465. The predicted molar refractivity (Wildman–Crippen MR) is 155 cm³/mol. The molecule has 2 saturated carbocycles. The first-order chi connectivity index (χ1) is 19.5. The monoisotopic (exact) mass is 576 g/mol. The molecule has 4 fully saturated rings. The lowest BCUT2D eigenvalue weighted by atomic mass is 9.79. The van der Waals surface area contributed by atoms with Crippen molar-refractivity contribution in [1.82, 2.24) is 20.4 Å². The van der Waals surface area contributed by atoms with Gasteiger partial charge in [0.2, 0.25) is 11.8 Å². The van der Waals surface area contributed by atoms with Gasteiger partial charge in [0, 0.05) is 25.2 Å². The number of nitrogens with one attached hydrogen (secondary N) is 2. The smallest absolute Gasteiger partial charge is 0.407 e. The molecule has 232 valence electrons. The number of carbonyl (C=O) groups excluding carboxylic acids is 4. The van der Waals surface area contributed by atoms with E-state index >= 15 is 0 Å². The van der Waals surface area contributed by atoms with Gasteiger partial charge in [-0.05, 0) is 86.9 Å². The first kappa shape index (κ1) is 31.4. The molecule has 2 aliphatic carbocycles. The summed E-state index contributed by atoms with van der Waals surface area (Å²) in [5.41, 5.74) is 0. The van der Waals surface area contributed by atoms with Gasteiger partial charge >= 0.3 is 12.2 Å². The van der Waals surface area contributed by atoms with E-state index in [4.69, 9.17) is 9.47 Å². The molecule has 2 heterocycles. The van der Waals surface area contributed by atoms with Crippen molar-refractivity contribution in [3.63, 3.8) is 0 Å². The molecule has 0 bridgehead atoms. The van der Waals surface area contributed by atoms with Crippen molar-refractivity contribution in [2.24, 2.45) is 35.5 Å². The number of nitrogens with zero attached hydrogens (tertiary/aromatic N) is 2. The highest BCUT2D eigenvalue weighted by Gasteiger charge is 2.48. The van der Waals surface area contributed by atoms with Gasteiger partial charge in [-0.25, -0.2) is 9.59 Å². The molecule has 0 aromatic rings. The number of alkyl carbamates (subject to hydrolysis) is 2. The van der Waals surface area contributed by atoms with Crippen LogP contribution in [0.2, 0.25) is 0 Å². The van der Waals surface area contributed by atoms with E-state index in [9.17, 15) is 19.2 Å². The van der Waals surface area contributed by atoms with Crippen LogP contribution in [-0.2, 0) is 19.1 Å². The summed E-state index contributed by atoms with van der Waals surface area (Å²) in [6.07, 6.45) is 7.39. The fraction of sp³-hybridized carbons (Fsp3) is 0.871. The normalized spacial score (nSPS) is 29.8. The van der Waals surface area contributed by atoms with Gasteiger partial charge in [0.05, 0.1) is 14.2 Å². The van der Waals surface area contributed by atoms with Gasteiger partial charge < -0.3 is 29.9 Å². The fourth-order valence-electron chi connectivity index (χ4n) is 7.93. The van der Waals surface area contributed by atoms with Crippen LogP contribution >= 0.6 is 0 Å². The third kappa shape index (κ3) is 6.94. The molecule has 4 amide bonds. The maximum Gasteiger partial charge on any atom is 0.407 e. The molecule has 4 rings (SSSR count). The highest BCUT2D eigenvalue weighted by atomic mass is 16.5. The summed E-state index contributed by atoms with van der Waals surface area (Å²) in [5.74, 6) is 1.54.